The van der Waals surface area contributed by atoms with Crippen LogP contribution in [0.15, 0.2) is 27.7 Å². The number of hydrogen-bond acceptors (Lipinski definition) is 7. The second-order valence-corrected chi connectivity index (χ2v) is 5.40. The van der Waals surface area contributed by atoms with Crippen molar-refractivity contribution in [3.8, 4) is 0 Å². The maximum Gasteiger partial charge on any atom is 0.244 e. The van der Waals surface area contributed by atoms with Crippen LogP contribution in [-0.4, -0.2) is 30.6 Å². The molecule has 0 fully saturated rings. The Morgan fingerprint density at radius 3 is 2.84 bits per heavy atom. The Labute approximate surface area is 110 Å². The number of hydrogen-bond donors (Lipinski definition) is 2. The lowest BCUT2D eigenvalue weighted by molar-refractivity contribution is 0.372. The SMILES string of the molecule is CNc1ncccc1S(=O)(=O)NCc1nc(C)no1. The van der Waals surface area contributed by atoms with Gasteiger partial charge >= 0.3 is 0 Å². The third-order valence-corrected chi connectivity index (χ3v) is 3.71. The molecule has 0 saturated carbocycles. The van der Waals surface area contributed by atoms with Crippen LogP contribution in [0.4, 0.5) is 5.82 Å². The lowest BCUT2D eigenvalue weighted by Gasteiger charge is -2.08. The van der Waals surface area contributed by atoms with Crippen LogP contribution < -0.4 is 10.0 Å². The van der Waals surface area contributed by atoms with E-state index in [9.17, 15) is 8.42 Å². The van der Waals surface area contributed by atoms with E-state index < -0.39 is 10.0 Å². The van der Waals surface area contributed by atoms with Crippen LogP contribution in [0.2, 0.25) is 0 Å². The van der Waals surface area contributed by atoms with Crippen molar-refractivity contribution in [2.75, 3.05) is 12.4 Å². The summed E-state index contributed by atoms with van der Waals surface area (Å²) in [5, 5.41) is 6.30. The summed E-state index contributed by atoms with van der Waals surface area (Å²) < 4.78 is 31.4. The van der Waals surface area contributed by atoms with E-state index in [0.29, 0.717) is 5.82 Å². The predicted molar refractivity (Wildman–Crippen MR) is 66.8 cm³/mol. The number of pyridine rings is 1. The van der Waals surface area contributed by atoms with E-state index in [1.54, 1.807) is 20.0 Å². The summed E-state index contributed by atoms with van der Waals surface area (Å²) in [7, 11) is -2.09. The zero-order valence-electron chi connectivity index (χ0n) is 10.4. The van der Waals surface area contributed by atoms with E-state index in [1.165, 1.54) is 12.3 Å². The van der Waals surface area contributed by atoms with Gasteiger partial charge in [-0.1, -0.05) is 5.16 Å². The molecule has 2 aromatic rings. The van der Waals surface area contributed by atoms with Gasteiger partial charge in [-0.3, -0.25) is 0 Å². The minimum Gasteiger partial charge on any atom is -0.372 e. The van der Waals surface area contributed by atoms with Crippen LogP contribution in [0.5, 0.6) is 0 Å². The predicted octanol–water partition coefficient (Wildman–Crippen LogP) is 0.293. The molecule has 102 valence electrons. The zero-order chi connectivity index (χ0) is 13.9. The zero-order valence-corrected chi connectivity index (χ0v) is 11.2. The first-order valence-corrected chi connectivity index (χ1v) is 6.93. The number of rotatable bonds is 5. The molecular formula is C10H13N5O3S. The van der Waals surface area contributed by atoms with E-state index in [4.69, 9.17) is 4.52 Å². The summed E-state index contributed by atoms with van der Waals surface area (Å²) in [6, 6.07) is 3.01. The lowest BCUT2D eigenvalue weighted by Crippen LogP contribution is -2.24. The van der Waals surface area contributed by atoms with E-state index in [1.807, 2.05) is 0 Å². The number of anilines is 1. The highest BCUT2D eigenvalue weighted by molar-refractivity contribution is 7.89. The summed E-state index contributed by atoms with van der Waals surface area (Å²) in [6.07, 6.45) is 1.51. The third-order valence-electron chi connectivity index (χ3n) is 2.28. The molecule has 0 aliphatic carbocycles. The summed E-state index contributed by atoms with van der Waals surface area (Å²) in [6.45, 7) is 1.59. The number of sulfonamides is 1. The number of nitrogens with one attached hydrogen (secondary N) is 2. The van der Waals surface area contributed by atoms with Crippen LogP contribution in [0, 0.1) is 6.92 Å². The molecule has 9 heteroatoms. The molecule has 0 atom stereocenters. The Morgan fingerprint density at radius 2 is 2.21 bits per heavy atom. The van der Waals surface area contributed by atoms with Crippen molar-refractivity contribution in [1.29, 1.82) is 0 Å². The van der Waals surface area contributed by atoms with Gasteiger partial charge in [0.05, 0.1) is 6.54 Å². The Balaban J connectivity index is 2.18. The number of aromatic nitrogens is 3. The van der Waals surface area contributed by atoms with Gasteiger partial charge < -0.3 is 9.84 Å². The largest absolute Gasteiger partial charge is 0.372 e. The number of nitrogens with zero attached hydrogens (tertiary/aromatic N) is 3. The second-order valence-electron chi connectivity index (χ2n) is 3.66. The molecule has 2 heterocycles. The molecule has 0 radical (unpaired) electrons. The average Bonchev–Trinajstić information content (AvgIpc) is 2.82. The molecule has 2 N–H and O–H groups in total. The molecule has 0 aliphatic rings. The lowest BCUT2D eigenvalue weighted by atomic mass is 10.5. The highest BCUT2D eigenvalue weighted by Crippen LogP contribution is 2.17. The fraction of sp³-hybridized carbons (Fsp3) is 0.300. The van der Waals surface area contributed by atoms with Crippen LogP contribution in [0.3, 0.4) is 0 Å². The maximum absolute atomic E-state index is 12.1. The molecule has 0 unspecified atom stereocenters. The van der Waals surface area contributed by atoms with Crippen molar-refractivity contribution in [2.24, 2.45) is 0 Å². The van der Waals surface area contributed by atoms with Gasteiger partial charge in [0.25, 0.3) is 0 Å². The Morgan fingerprint density at radius 1 is 1.42 bits per heavy atom. The van der Waals surface area contributed by atoms with Gasteiger partial charge in [-0.2, -0.15) is 4.98 Å². The monoisotopic (exact) mass is 283 g/mol. The highest BCUT2D eigenvalue weighted by Gasteiger charge is 2.19. The highest BCUT2D eigenvalue weighted by atomic mass is 32.2. The normalized spacial score (nSPS) is 11.5. The summed E-state index contributed by atoms with van der Waals surface area (Å²) >= 11 is 0. The number of aryl methyl sites for hydroxylation is 1. The van der Waals surface area contributed by atoms with Gasteiger partial charge in [0, 0.05) is 13.2 Å². The van der Waals surface area contributed by atoms with Crippen molar-refractivity contribution >= 4 is 15.8 Å². The van der Waals surface area contributed by atoms with Gasteiger partial charge in [0.2, 0.25) is 15.9 Å². The second kappa shape index (κ2) is 5.33. The fourth-order valence-corrected chi connectivity index (χ4v) is 2.58. The Hall–Kier alpha value is -2.00. The molecule has 19 heavy (non-hydrogen) atoms. The molecule has 8 nitrogen and oxygen atoms in total. The van der Waals surface area contributed by atoms with E-state index in [0.717, 1.165) is 0 Å². The summed E-state index contributed by atoms with van der Waals surface area (Å²) in [5.41, 5.74) is 0. The molecule has 0 aliphatic heterocycles. The summed E-state index contributed by atoms with van der Waals surface area (Å²) in [4.78, 5) is 7.92. The van der Waals surface area contributed by atoms with Gasteiger partial charge in [0.1, 0.15) is 10.7 Å². The topological polar surface area (TPSA) is 110 Å². The Bertz CT molecular complexity index is 667. The molecule has 0 bridgehead atoms. The van der Waals surface area contributed by atoms with Crippen LogP contribution in [-0.2, 0) is 16.6 Å². The molecule has 0 amide bonds. The molecule has 2 rings (SSSR count). The van der Waals surface area contributed by atoms with E-state index in [-0.39, 0.29) is 23.1 Å². The van der Waals surface area contributed by atoms with Crippen molar-refractivity contribution in [1.82, 2.24) is 19.8 Å². The summed E-state index contributed by atoms with van der Waals surface area (Å²) in [5.74, 6) is 0.930. The van der Waals surface area contributed by atoms with Crippen LogP contribution in [0.25, 0.3) is 0 Å². The maximum atomic E-state index is 12.1. The minimum absolute atomic E-state index is 0.0636. The van der Waals surface area contributed by atoms with Gasteiger partial charge in [0.15, 0.2) is 5.82 Å². The smallest absolute Gasteiger partial charge is 0.244 e. The van der Waals surface area contributed by atoms with Crippen molar-refractivity contribution in [3.63, 3.8) is 0 Å². The quantitative estimate of drug-likeness (QED) is 0.811. The van der Waals surface area contributed by atoms with Gasteiger partial charge in [-0.15, -0.1) is 0 Å². The van der Waals surface area contributed by atoms with Crippen LogP contribution in [0.1, 0.15) is 11.7 Å². The first kappa shape index (κ1) is 13.4. The van der Waals surface area contributed by atoms with E-state index >= 15 is 0 Å². The standard InChI is InChI=1S/C10H13N5O3S/c1-7-14-9(18-15-7)6-13-19(16,17)8-4-3-5-12-10(8)11-2/h3-5,13H,6H2,1-2H3,(H,11,12). The molecule has 0 aromatic carbocycles. The van der Waals surface area contributed by atoms with Gasteiger partial charge in [-0.25, -0.2) is 18.1 Å². The third kappa shape index (κ3) is 3.06. The van der Waals surface area contributed by atoms with Crippen molar-refractivity contribution < 1.29 is 12.9 Å². The average molecular weight is 283 g/mol. The first-order valence-electron chi connectivity index (χ1n) is 5.44. The minimum atomic E-state index is -3.69. The Kier molecular flexibility index (Phi) is 3.76. The fourth-order valence-electron chi connectivity index (χ4n) is 1.44. The molecule has 2 aromatic heterocycles. The first-order chi connectivity index (χ1) is 9.03. The van der Waals surface area contributed by atoms with Gasteiger partial charge in [-0.05, 0) is 19.1 Å². The van der Waals surface area contributed by atoms with Crippen molar-refractivity contribution in [3.05, 3.63) is 30.0 Å². The van der Waals surface area contributed by atoms with E-state index in [2.05, 4.69) is 25.2 Å². The molecular weight excluding hydrogens is 270 g/mol. The van der Waals surface area contributed by atoms with Crippen molar-refractivity contribution in [2.45, 2.75) is 18.4 Å². The molecule has 0 spiro atoms. The molecule has 0 saturated heterocycles. The van der Waals surface area contributed by atoms with Crippen LogP contribution >= 0.6 is 0 Å².